The van der Waals surface area contributed by atoms with E-state index in [2.05, 4.69) is 65.8 Å². The lowest BCUT2D eigenvalue weighted by Gasteiger charge is -2.06. The van der Waals surface area contributed by atoms with Gasteiger partial charge in [-0.15, -0.1) is 22.7 Å². The number of hydrogen-bond acceptors (Lipinski definition) is 5. The van der Waals surface area contributed by atoms with Crippen LogP contribution in [0.15, 0.2) is 60.1 Å². The van der Waals surface area contributed by atoms with Gasteiger partial charge in [0, 0.05) is 15.3 Å². The van der Waals surface area contributed by atoms with Gasteiger partial charge in [0.25, 0.3) is 0 Å². The van der Waals surface area contributed by atoms with Gasteiger partial charge in [0.05, 0.1) is 16.8 Å². The van der Waals surface area contributed by atoms with Gasteiger partial charge in [-0.2, -0.15) is 0 Å². The number of aromatic nitrogens is 2. The van der Waals surface area contributed by atoms with Crippen LogP contribution in [0.1, 0.15) is 5.56 Å². The second kappa shape index (κ2) is 6.19. The number of rotatable bonds is 3. The SMILES string of the molecule is Cc1ccc(-c2cnc(N)c(-c3ccc(-c4cccs4)s3)n2)cc1. The average molecular weight is 349 g/mol. The highest BCUT2D eigenvalue weighted by Gasteiger charge is 2.12. The third-order valence-corrected chi connectivity index (χ3v) is 5.91. The van der Waals surface area contributed by atoms with Crippen molar-refractivity contribution >= 4 is 28.5 Å². The van der Waals surface area contributed by atoms with E-state index in [0.717, 1.165) is 21.8 Å². The largest absolute Gasteiger partial charge is 0.382 e. The third-order valence-electron chi connectivity index (χ3n) is 3.75. The van der Waals surface area contributed by atoms with Crippen molar-refractivity contribution in [3.05, 3.63) is 65.7 Å². The highest BCUT2D eigenvalue weighted by atomic mass is 32.1. The van der Waals surface area contributed by atoms with E-state index in [1.165, 1.54) is 15.3 Å². The van der Waals surface area contributed by atoms with Crippen molar-refractivity contribution in [2.75, 3.05) is 5.73 Å². The molecule has 1 aromatic carbocycles. The molecule has 0 saturated heterocycles. The van der Waals surface area contributed by atoms with Crippen molar-refractivity contribution in [1.29, 1.82) is 0 Å². The molecule has 118 valence electrons. The summed E-state index contributed by atoms with van der Waals surface area (Å²) in [5.74, 6) is 0.463. The van der Waals surface area contributed by atoms with Gasteiger partial charge in [0.2, 0.25) is 0 Å². The predicted molar refractivity (Wildman–Crippen MR) is 103 cm³/mol. The minimum atomic E-state index is 0.463. The molecule has 0 fully saturated rings. The van der Waals surface area contributed by atoms with Gasteiger partial charge in [-0.25, -0.2) is 9.97 Å². The monoisotopic (exact) mass is 349 g/mol. The summed E-state index contributed by atoms with van der Waals surface area (Å²) >= 11 is 3.43. The van der Waals surface area contributed by atoms with Gasteiger partial charge in [-0.1, -0.05) is 35.9 Å². The number of aryl methyl sites for hydroxylation is 1. The predicted octanol–water partition coefficient (Wildman–Crippen LogP) is 5.49. The molecule has 0 unspecified atom stereocenters. The number of nitrogen functional groups attached to an aromatic ring is 1. The number of hydrogen-bond donors (Lipinski definition) is 1. The molecule has 0 saturated carbocycles. The highest BCUT2D eigenvalue weighted by Crippen LogP contribution is 2.37. The van der Waals surface area contributed by atoms with Crippen LogP contribution in [0, 0.1) is 6.92 Å². The molecule has 5 heteroatoms. The molecular formula is C19H15N3S2. The molecule has 0 spiro atoms. The van der Waals surface area contributed by atoms with Crippen LogP contribution in [-0.4, -0.2) is 9.97 Å². The first-order chi connectivity index (χ1) is 11.7. The van der Waals surface area contributed by atoms with Gasteiger partial charge >= 0.3 is 0 Å². The van der Waals surface area contributed by atoms with E-state index in [1.54, 1.807) is 28.9 Å². The molecule has 4 rings (SSSR count). The summed E-state index contributed by atoms with van der Waals surface area (Å²) in [5.41, 5.74) is 9.95. The van der Waals surface area contributed by atoms with Gasteiger partial charge < -0.3 is 5.73 Å². The second-order valence-corrected chi connectivity index (χ2v) is 7.53. The van der Waals surface area contributed by atoms with Crippen LogP contribution in [0.5, 0.6) is 0 Å². The van der Waals surface area contributed by atoms with Gasteiger partial charge in [0.15, 0.2) is 5.82 Å². The van der Waals surface area contributed by atoms with Crippen LogP contribution in [0.4, 0.5) is 5.82 Å². The Morgan fingerprint density at radius 1 is 0.917 bits per heavy atom. The summed E-state index contributed by atoms with van der Waals surface area (Å²) in [6.45, 7) is 2.07. The molecule has 0 atom stereocenters. The maximum atomic E-state index is 6.09. The fourth-order valence-electron chi connectivity index (χ4n) is 2.46. The summed E-state index contributed by atoms with van der Waals surface area (Å²) in [7, 11) is 0. The maximum absolute atomic E-state index is 6.09. The Kier molecular flexibility index (Phi) is 3.88. The quantitative estimate of drug-likeness (QED) is 0.532. The van der Waals surface area contributed by atoms with Crippen LogP contribution >= 0.6 is 22.7 Å². The zero-order valence-electron chi connectivity index (χ0n) is 13.1. The van der Waals surface area contributed by atoms with E-state index in [0.29, 0.717) is 5.82 Å². The first-order valence-electron chi connectivity index (χ1n) is 7.54. The third kappa shape index (κ3) is 2.84. The summed E-state index contributed by atoms with van der Waals surface area (Å²) in [6.07, 6.45) is 1.73. The van der Waals surface area contributed by atoms with E-state index in [4.69, 9.17) is 10.7 Å². The number of nitrogens with two attached hydrogens (primary N) is 1. The summed E-state index contributed by atoms with van der Waals surface area (Å²) in [6, 6.07) is 16.6. The molecule has 0 amide bonds. The molecule has 0 bridgehead atoms. The Balaban J connectivity index is 1.75. The highest BCUT2D eigenvalue weighted by molar-refractivity contribution is 7.23. The number of thiophene rings is 2. The van der Waals surface area contributed by atoms with Crippen molar-refractivity contribution in [2.24, 2.45) is 0 Å². The molecule has 0 aliphatic carbocycles. The summed E-state index contributed by atoms with van der Waals surface area (Å²) < 4.78 is 0. The normalized spacial score (nSPS) is 10.9. The Hall–Kier alpha value is -2.50. The molecule has 0 radical (unpaired) electrons. The van der Waals surface area contributed by atoms with E-state index >= 15 is 0 Å². The van der Waals surface area contributed by atoms with E-state index in [9.17, 15) is 0 Å². The molecule has 3 aromatic heterocycles. The number of anilines is 1. The van der Waals surface area contributed by atoms with Crippen LogP contribution < -0.4 is 5.73 Å². The van der Waals surface area contributed by atoms with Crippen molar-refractivity contribution in [2.45, 2.75) is 6.92 Å². The van der Waals surface area contributed by atoms with E-state index in [-0.39, 0.29) is 0 Å². The van der Waals surface area contributed by atoms with Gasteiger partial charge in [-0.05, 0) is 30.5 Å². The second-order valence-electron chi connectivity index (χ2n) is 5.50. The lowest BCUT2D eigenvalue weighted by molar-refractivity contribution is 1.22. The van der Waals surface area contributed by atoms with Gasteiger partial charge in [-0.3, -0.25) is 0 Å². The Labute approximate surface area is 148 Å². The van der Waals surface area contributed by atoms with E-state index in [1.807, 2.05) is 0 Å². The molecule has 0 aliphatic heterocycles. The molecule has 3 heterocycles. The minimum Gasteiger partial charge on any atom is -0.382 e. The molecule has 2 N–H and O–H groups in total. The van der Waals surface area contributed by atoms with Crippen LogP contribution in [0.25, 0.3) is 31.6 Å². The average Bonchev–Trinajstić information content (AvgIpc) is 3.27. The van der Waals surface area contributed by atoms with Gasteiger partial charge in [0.1, 0.15) is 5.69 Å². The fourth-order valence-corrected chi connectivity index (χ4v) is 4.30. The number of benzene rings is 1. The van der Waals surface area contributed by atoms with Crippen LogP contribution in [0.2, 0.25) is 0 Å². The number of nitrogens with zero attached hydrogens (tertiary/aromatic N) is 2. The zero-order chi connectivity index (χ0) is 16.5. The molecule has 0 aliphatic rings. The van der Waals surface area contributed by atoms with Crippen LogP contribution in [0.3, 0.4) is 0 Å². The molecule has 3 nitrogen and oxygen atoms in total. The van der Waals surface area contributed by atoms with Crippen molar-refractivity contribution in [3.8, 4) is 31.6 Å². The molecule has 24 heavy (non-hydrogen) atoms. The Morgan fingerprint density at radius 3 is 2.46 bits per heavy atom. The van der Waals surface area contributed by atoms with E-state index < -0.39 is 0 Å². The zero-order valence-corrected chi connectivity index (χ0v) is 14.7. The van der Waals surface area contributed by atoms with Crippen LogP contribution in [-0.2, 0) is 0 Å². The Morgan fingerprint density at radius 2 is 1.71 bits per heavy atom. The lowest BCUT2D eigenvalue weighted by Crippen LogP contribution is -1.97. The van der Waals surface area contributed by atoms with Crippen molar-refractivity contribution < 1.29 is 0 Å². The van der Waals surface area contributed by atoms with Crippen molar-refractivity contribution in [3.63, 3.8) is 0 Å². The standard InChI is InChI=1S/C19H15N3S2/c1-12-4-6-13(7-5-12)14-11-21-19(20)18(22-14)17-9-8-16(24-17)15-3-2-10-23-15/h2-11H,1H3,(H2,20,21). The fraction of sp³-hybridized carbons (Fsp3) is 0.0526. The maximum Gasteiger partial charge on any atom is 0.150 e. The molecular weight excluding hydrogens is 334 g/mol. The van der Waals surface area contributed by atoms with Crippen molar-refractivity contribution in [1.82, 2.24) is 9.97 Å². The topological polar surface area (TPSA) is 51.8 Å². The molecule has 4 aromatic rings. The first kappa shape index (κ1) is 15.1. The summed E-state index contributed by atoms with van der Waals surface area (Å²) in [4.78, 5) is 12.6. The lowest BCUT2D eigenvalue weighted by atomic mass is 10.1. The summed E-state index contributed by atoms with van der Waals surface area (Å²) in [5, 5.41) is 2.08. The smallest absolute Gasteiger partial charge is 0.150 e. The Bertz CT molecular complexity index is 970. The first-order valence-corrected chi connectivity index (χ1v) is 9.24. The minimum absolute atomic E-state index is 0.463.